The Morgan fingerprint density at radius 2 is 2.35 bits per heavy atom. The van der Waals surface area contributed by atoms with Gasteiger partial charge in [0.05, 0.1) is 11.6 Å². The predicted octanol–water partition coefficient (Wildman–Crippen LogP) is 0.246. The van der Waals surface area contributed by atoms with Crippen molar-refractivity contribution >= 4 is 11.7 Å². The Kier molecular flexibility index (Phi) is 2.29. The minimum Gasteiger partial charge on any atom is -0.481 e. The molecule has 0 aromatic carbocycles. The number of nitrogens with zero attached hydrogens (tertiary/aromatic N) is 4. The number of imidazole rings is 1. The van der Waals surface area contributed by atoms with E-state index in [1.54, 1.807) is 6.20 Å². The lowest BCUT2D eigenvalue weighted by atomic mass is 10.0. The minimum absolute atomic E-state index is 0.217. The van der Waals surface area contributed by atoms with Gasteiger partial charge in [0, 0.05) is 38.2 Å². The van der Waals surface area contributed by atoms with Gasteiger partial charge in [-0.25, -0.2) is 9.97 Å². The summed E-state index contributed by atoms with van der Waals surface area (Å²) in [6.07, 6.45) is 5.53. The fourth-order valence-electron chi connectivity index (χ4n) is 2.04. The van der Waals surface area contributed by atoms with E-state index >= 15 is 0 Å². The second-order valence-electron chi connectivity index (χ2n) is 4.29. The first kappa shape index (κ1) is 10.2. The maximum absolute atomic E-state index is 10.7. The van der Waals surface area contributed by atoms with Crippen LogP contribution in [0, 0.1) is 5.92 Å². The van der Waals surface area contributed by atoms with Crippen LogP contribution in [-0.2, 0) is 11.3 Å². The molecule has 0 spiro atoms. The molecule has 0 unspecified atom stereocenters. The number of carboxylic acids is 1. The molecule has 0 saturated carbocycles. The van der Waals surface area contributed by atoms with Crippen LogP contribution in [0.2, 0.25) is 0 Å². The van der Waals surface area contributed by atoms with Crippen LogP contribution in [-0.4, -0.2) is 43.4 Å². The number of carbonyl (C=O) groups is 1. The summed E-state index contributed by atoms with van der Waals surface area (Å²) < 4.78 is 1.86. The van der Waals surface area contributed by atoms with Crippen molar-refractivity contribution in [3.63, 3.8) is 0 Å². The van der Waals surface area contributed by atoms with Gasteiger partial charge >= 0.3 is 5.97 Å². The van der Waals surface area contributed by atoms with Crippen molar-refractivity contribution in [3.8, 4) is 0 Å². The third-order valence-electron chi connectivity index (χ3n) is 2.98. The molecule has 1 N–H and O–H groups in total. The molecule has 1 aliphatic rings. The number of rotatable bonds is 3. The lowest BCUT2D eigenvalue weighted by Crippen LogP contribution is -2.49. The van der Waals surface area contributed by atoms with Crippen molar-refractivity contribution in [3.05, 3.63) is 30.4 Å². The van der Waals surface area contributed by atoms with E-state index in [0.29, 0.717) is 25.4 Å². The highest BCUT2D eigenvalue weighted by Crippen LogP contribution is 2.18. The van der Waals surface area contributed by atoms with Gasteiger partial charge in [-0.2, -0.15) is 0 Å². The zero-order valence-electron chi connectivity index (χ0n) is 9.15. The van der Waals surface area contributed by atoms with Crippen molar-refractivity contribution in [2.45, 2.75) is 6.54 Å². The van der Waals surface area contributed by atoms with E-state index in [1.807, 2.05) is 22.9 Å². The highest BCUT2D eigenvalue weighted by molar-refractivity contribution is 5.71. The molecule has 1 saturated heterocycles. The molecule has 1 fully saturated rings. The Morgan fingerprint density at radius 3 is 3.06 bits per heavy atom. The monoisotopic (exact) mass is 232 g/mol. The van der Waals surface area contributed by atoms with Gasteiger partial charge in [-0.05, 0) is 6.07 Å². The lowest BCUT2D eigenvalue weighted by Gasteiger charge is -2.35. The molecule has 6 nitrogen and oxygen atoms in total. The van der Waals surface area contributed by atoms with E-state index in [1.165, 1.54) is 0 Å². The molecule has 17 heavy (non-hydrogen) atoms. The molecule has 0 radical (unpaired) electrons. The molecule has 2 aromatic rings. The Labute approximate surface area is 97.5 Å². The zero-order chi connectivity index (χ0) is 11.8. The van der Waals surface area contributed by atoms with Gasteiger partial charge in [0.15, 0.2) is 0 Å². The van der Waals surface area contributed by atoms with Crippen LogP contribution in [0.4, 0.5) is 0 Å². The molecule has 2 aromatic heterocycles. The second-order valence-corrected chi connectivity index (χ2v) is 4.29. The summed E-state index contributed by atoms with van der Waals surface area (Å²) >= 11 is 0. The summed E-state index contributed by atoms with van der Waals surface area (Å²) in [5, 5.41) is 8.78. The summed E-state index contributed by atoms with van der Waals surface area (Å²) in [7, 11) is 0. The number of hydrogen-bond acceptors (Lipinski definition) is 4. The van der Waals surface area contributed by atoms with Crippen LogP contribution in [0.5, 0.6) is 0 Å². The summed E-state index contributed by atoms with van der Waals surface area (Å²) in [4.78, 5) is 21.2. The summed E-state index contributed by atoms with van der Waals surface area (Å²) in [6.45, 7) is 1.90. The molecule has 6 heteroatoms. The molecule has 3 heterocycles. The minimum atomic E-state index is -0.710. The highest BCUT2D eigenvalue weighted by Gasteiger charge is 2.32. The molecule has 0 bridgehead atoms. The van der Waals surface area contributed by atoms with Gasteiger partial charge in [-0.3, -0.25) is 14.1 Å². The molecular weight excluding hydrogens is 220 g/mol. The normalized spacial score (nSPS) is 17.2. The van der Waals surface area contributed by atoms with Crippen LogP contribution in [0.1, 0.15) is 5.69 Å². The van der Waals surface area contributed by atoms with Crippen molar-refractivity contribution in [2.75, 3.05) is 13.1 Å². The third kappa shape index (κ3) is 1.87. The molecule has 1 aliphatic heterocycles. The summed E-state index contributed by atoms with van der Waals surface area (Å²) in [5.74, 6) is -0.249. The standard InChI is InChI=1S/C11H12N4O2/c16-10(17)8-4-14(5-8)6-9-7-15-3-1-2-12-11(15)13-9/h1-3,7-8H,4-6H2,(H,16,17). The topological polar surface area (TPSA) is 70.7 Å². The average molecular weight is 232 g/mol. The van der Waals surface area contributed by atoms with Crippen molar-refractivity contribution in [2.24, 2.45) is 5.92 Å². The smallest absolute Gasteiger partial charge is 0.309 e. The van der Waals surface area contributed by atoms with Crippen molar-refractivity contribution in [1.29, 1.82) is 0 Å². The van der Waals surface area contributed by atoms with Crippen molar-refractivity contribution < 1.29 is 9.90 Å². The fraction of sp³-hybridized carbons (Fsp3) is 0.364. The number of aliphatic carboxylic acids is 1. The van der Waals surface area contributed by atoms with Gasteiger partial charge in [0.1, 0.15) is 0 Å². The number of likely N-dealkylation sites (tertiary alicyclic amines) is 1. The lowest BCUT2D eigenvalue weighted by molar-refractivity contribution is -0.147. The zero-order valence-corrected chi connectivity index (χ0v) is 9.15. The number of aromatic nitrogens is 3. The maximum atomic E-state index is 10.7. The Balaban J connectivity index is 1.68. The first-order chi connectivity index (χ1) is 8.22. The molecular formula is C11H12N4O2. The van der Waals surface area contributed by atoms with E-state index < -0.39 is 5.97 Å². The first-order valence-corrected chi connectivity index (χ1v) is 5.46. The Hall–Kier alpha value is -1.95. The summed E-state index contributed by atoms with van der Waals surface area (Å²) in [5.41, 5.74) is 0.924. The van der Waals surface area contributed by atoms with Crippen LogP contribution >= 0.6 is 0 Å². The summed E-state index contributed by atoms with van der Waals surface area (Å²) in [6, 6.07) is 1.85. The van der Waals surface area contributed by atoms with E-state index in [4.69, 9.17) is 5.11 Å². The van der Waals surface area contributed by atoms with E-state index in [2.05, 4.69) is 14.9 Å². The van der Waals surface area contributed by atoms with Crippen LogP contribution in [0.15, 0.2) is 24.7 Å². The van der Waals surface area contributed by atoms with Gasteiger partial charge in [0.25, 0.3) is 0 Å². The van der Waals surface area contributed by atoms with Crippen molar-refractivity contribution in [1.82, 2.24) is 19.3 Å². The van der Waals surface area contributed by atoms with Gasteiger partial charge < -0.3 is 5.11 Å². The van der Waals surface area contributed by atoms with E-state index in [0.717, 1.165) is 5.69 Å². The van der Waals surface area contributed by atoms with Crippen LogP contribution < -0.4 is 0 Å². The molecule has 0 aliphatic carbocycles. The molecule has 88 valence electrons. The highest BCUT2D eigenvalue weighted by atomic mass is 16.4. The SMILES string of the molecule is O=C(O)C1CN(Cc2cn3cccnc3n2)C1. The predicted molar refractivity (Wildman–Crippen MR) is 59.4 cm³/mol. The largest absolute Gasteiger partial charge is 0.481 e. The van der Waals surface area contributed by atoms with Crippen LogP contribution in [0.25, 0.3) is 5.78 Å². The van der Waals surface area contributed by atoms with Gasteiger partial charge in [0.2, 0.25) is 5.78 Å². The average Bonchev–Trinajstić information content (AvgIpc) is 2.64. The molecule has 0 atom stereocenters. The van der Waals surface area contributed by atoms with E-state index in [9.17, 15) is 4.79 Å². The van der Waals surface area contributed by atoms with Gasteiger partial charge in [-0.1, -0.05) is 0 Å². The Bertz CT molecular complexity index is 526. The first-order valence-electron chi connectivity index (χ1n) is 5.46. The van der Waals surface area contributed by atoms with E-state index in [-0.39, 0.29) is 5.92 Å². The maximum Gasteiger partial charge on any atom is 0.309 e. The fourth-order valence-corrected chi connectivity index (χ4v) is 2.04. The quantitative estimate of drug-likeness (QED) is 0.821. The number of fused-ring (bicyclic) bond motifs is 1. The van der Waals surface area contributed by atoms with Gasteiger partial charge in [-0.15, -0.1) is 0 Å². The third-order valence-corrected chi connectivity index (χ3v) is 2.98. The number of hydrogen-bond donors (Lipinski definition) is 1. The second kappa shape index (κ2) is 3.81. The Morgan fingerprint density at radius 1 is 1.53 bits per heavy atom. The number of carboxylic acid groups (broad SMARTS) is 1. The molecule has 3 rings (SSSR count). The van der Waals surface area contributed by atoms with Crippen LogP contribution in [0.3, 0.4) is 0 Å². The molecule has 0 amide bonds.